The molecule has 0 saturated heterocycles. The topological polar surface area (TPSA) is 38.0 Å². The van der Waals surface area contributed by atoms with Gasteiger partial charge in [-0.1, -0.05) is 17.7 Å². The maximum absolute atomic E-state index is 13.0. The zero-order chi connectivity index (χ0) is 12.3. The molecule has 0 heterocycles. The second kappa shape index (κ2) is 5.80. The van der Waals surface area contributed by atoms with Gasteiger partial charge in [-0.2, -0.15) is 0 Å². The Morgan fingerprint density at radius 3 is 2.65 bits per heavy atom. The molecule has 0 aromatic heterocycles. The van der Waals surface area contributed by atoms with Gasteiger partial charge in [0.1, 0.15) is 5.82 Å². The van der Waals surface area contributed by atoms with Crippen molar-refractivity contribution in [3.05, 3.63) is 34.6 Å². The van der Waals surface area contributed by atoms with Crippen LogP contribution in [0.25, 0.3) is 0 Å². The molecule has 0 radical (unpaired) electrons. The molecule has 0 amide bonds. The van der Waals surface area contributed by atoms with Crippen molar-refractivity contribution in [1.29, 1.82) is 0 Å². The highest BCUT2D eigenvalue weighted by Crippen LogP contribution is 2.19. The van der Waals surface area contributed by atoms with E-state index in [0.717, 1.165) is 37.8 Å². The van der Waals surface area contributed by atoms with Crippen LogP contribution in [0.5, 0.6) is 0 Å². The van der Waals surface area contributed by atoms with Crippen molar-refractivity contribution in [2.24, 2.45) is 5.73 Å². The molecule has 2 rings (SSSR count). The first-order valence-corrected chi connectivity index (χ1v) is 6.46. The standard InChI is InChI=1S/C13H18ClFN2/c14-12-7-9(1-6-13(12)15)8-17-11-4-2-10(16)3-5-11/h1,6-7,10-11,17H,2-5,8,16H2. The number of halogens is 2. The van der Waals surface area contributed by atoms with E-state index in [-0.39, 0.29) is 10.8 Å². The lowest BCUT2D eigenvalue weighted by Crippen LogP contribution is -2.37. The molecule has 0 unspecified atom stereocenters. The molecule has 1 aromatic carbocycles. The zero-order valence-corrected chi connectivity index (χ0v) is 10.5. The van der Waals surface area contributed by atoms with Crippen LogP contribution in [-0.4, -0.2) is 12.1 Å². The van der Waals surface area contributed by atoms with Gasteiger partial charge in [-0.05, 0) is 43.4 Å². The quantitative estimate of drug-likeness (QED) is 0.873. The van der Waals surface area contributed by atoms with Crippen molar-refractivity contribution < 1.29 is 4.39 Å². The van der Waals surface area contributed by atoms with Crippen molar-refractivity contribution in [3.8, 4) is 0 Å². The van der Waals surface area contributed by atoms with Crippen LogP contribution in [0.4, 0.5) is 4.39 Å². The Labute approximate surface area is 106 Å². The molecule has 3 N–H and O–H groups in total. The van der Waals surface area contributed by atoms with Crippen LogP contribution in [0, 0.1) is 5.82 Å². The van der Waals surface area contributed by atoms with E-state index in [4.69, 9.17) is 17.3 Å². The first kappa shape index (κ1) is 12.8. The van der Waals surface area contributed by atoms with E-state index in [1.54, 1.807) is 12.1 Å². The van der Waals surface area contributed by atoms with Gasteiger partial charge in [0, 0.05) is 18.6 Å². The van der Waals surface area contributed by atoms with Gasteiger partial charge in [0.25, 0.3) is 0 Å². The number of rotatable bonds is 3. The molecule has 0 bridgehead atoms. The SMILES string of the molecule is NC1CCC(NCc2ccc(F)c(Cl)c2)CC1. The molecule has 1 saturated carbocycles. The summed E-state index contributed by atoms with van der Waals surface area (Å²) in [6.07, 6.45) is 4.41. The Kier molecular flexibility index (Phi) is 4.37. The summed E-state index contributed by atoms with van der Waals surface area (Å²) in [5.74, 6) is -0.362. The Hall–Kier alpha value is -0.640. The minimum absolute atomic E-state index is 0.190. The molecule has 1 fully saturated rings. The van der Waals surface area contributed by atoms with Crippen LogP contribution in [0.3, 0.4) is 0 Å². The number of nitrogens with two attached hydrogens (primary N) is 1. The van der Waals surface area contributed by atoms with Gasteiger partial charge in [-0.15, -0.1) is 0 Å². The van der Waals surface area contributed by atoms with Gasteiger partial charge in [0.2, 0.25) is 0 Å². The minimum atomic E-state index is -0.362. The maximum atomic E-state index is 13.0. The van der Waals surface area contributed by atoms with Crippen LogP contribution in [0.15, 0.2) is 18.2 Å². The fourth-order valence-corrected chi connectivity index (χ4v) is 2.44. The highest BCUT2D eigenvalue weighted by Gasteiger charge is 2.17. The smallest absolute Gasteiger partial charge is 0.141 e. The minimum Gasteiger partial charge on any atom is -0.328 e. The summed E-state index contributed by atoms with van der Waals surface area (Å²) in [4.78, 5) is 0. The van der Waals surface area contributed by atoms with E-state index in [1.165, 1.54) is 6.07 Å². The fraction of sp³-hybridized carbons (Fsp3) is 0.538. The predicted octanol–water partition coefficient (Wildman–Crippen LogP) is 2.84. The van der Waals surface area contributed by atoms with E-state index >= 15 is 0 Å². The Morgan fingerprint density at radius 1 is 1.29 bits per heavy atom. The Bertz CT molecular complexity index is 376. The van der Waals surface area contributed by atoms with Gasteiger partial charge in [0.05, 0.1) is 5.02 Å². The molecular weight excluding hydrogens is 239 g/mol. The first-order valence-electron chi connectivity index (χ1n) is 6.08. The summed E-state index contributed by atoms with van der Waals surface area (Å²) in [5, 5.41) is 3.66. The van der Waals surface area contributed by atoms with Crippen LogP contribution < -0.4 is 11.1 Å². The molecule has 0 aliphatic heterocycles. The van der Waals surface area contributed by atoms with E-state index in [0.29, 0.717) is 12.1 Å². The van der Waals surface area contributed by atoms with E-state index < -0.39 is 0 Å². The van der Waals surface area contributed by atoms with Gasteiger partial charge in [-0.25, -0.2) is 4.39 Å². The zero-order valence-electron chi connectivity index (χ0n) is 9.76. The number of benzene rings is 1. The molecule has 2 nitrogen and oxygen atoms in total. The molecule has 1 aliphatic carbocycles. The Balaban J connectivity index is 1.83. The second-order valence-corrected chi connectivity index (χ2v) is 5.15. The average molecular weight is 257 g/mol. The molecule has 17 heavy (non-hydrogen) atoms. The highest BCUT2D eigenvalue weighted by atomic mass is 35.5. The maximum Gasteiger partial charge on any atom is 0.141 e. The van der Waals surface area contributed by atoms with Crippen molar-refractivity contribution >= 4 is 11.6 Å². The van der Waals surface area contributed by atoms with Crippen LogP contribution in [0.1, 0.15) is 31.2 Å². The highest BCUT2D eigenvalue weighted by molar-refractivity contribution is 6.30. The summed E-state index contributed by atoms with van der Waals surface area (Å²) < 4.78 is 13.0. The van der Waals surface area contributed by atoms with Crippen LogP contribution in [0.2, 0.25) is 5.02 Å². The fourth-order valence-electron chi connectivity index (χ4n) is 2.24. The van der Waals surface area contributed by atoms with Gasteiger partial charge < -0.3 is 11.1 Å². The lowest BCUT2D eigenvalue weighted by Gasteiger charge is -2.27. The molecule has 1 aliphatic rings. The van der Waals surface area contributed by atoms with Gasteiger partial charge >= 0.3 is 0 Å². The summed E-state index contributed by atoms with van der Waals surface area (Å²) in [5.41, 5.74) is 6.87. The molecule has 0 atom stereocenters. The first-order chi connectivity index (χ1) is 8.15. The van der Waals surface area contributed by atoms with E-state index in [1.807, 2.05) is 0 Å². The predicted molar refractivity (Wildman–Crippen MR) is 68.5 cm³/mol. The summed E-state index contributed by atoms with van der Waals surface area (Å²) in [6, 6.07) is 5.75. The number of hydrogen-bond acceptors (Lipinski definition) is 2. The monoisotopic (exact) mass is 256 g/mol. The van der Waals surface area contributed by atoms with Gasteiger partial charge in [-0.3, -0.25) is 0 Å². The van der Waals surface area contributed by atoms with Crippen molar-refractivity contribution in [2.75, 3.05) is 0 Å². The van der Waals surface area contributed by atoms with Crippen LogP contribution in [-0.2, 0) is 6.54 Å². The van der Waals surface area contributed by atoms with Crippen molar-refractivity contribution in [3.63, 3.8) is 0 Å². The van der Waals surface area contributed by atoms with Crippen LogP contribution >= 0.6 is 11.6 Å². The lowest BCUT2D eigenvalue weighted by atomic mass is 9.92. The number of hydrogen-bond donors (Lipinski definition) is 2. The van der Waals surface area contributed by atoms with Gasteiger partial charge in [0.15, 0.2) is 0 Å². The van der Waals surface area contributed by atoms with Crippen molar-refractivity contribution in [1.82, 2.24) is 5.32 Å². The third kappa shape index (κ3) is 3.66. The summed E-state index contributed by atoms with van der Waals surface area (Å²) in [6.45, 7) is 0.736. The van der Waals surface area contributed by atoms with E-state index in [9.17, 15) is 4.39 Å². The second-order valence-electron chi connectivity index (χ2n) is 4.74. The van der Waals surface area contributed by atoms with Crippen molar-refractivity contribution in [2.45, 2.75) is 44.3 Å². The number of nitrogens with one attached hydrogen (secondary N) is 1. The third-order valence-corrected chi connectivity index (χ3v) is 3.64. The summed E-state index contributed by atoms with van der Waals surface area (Å²) >= 11 is 5.74. The molecular formula is C13H18ClFN2. The van der Waals surface area contributed by atoms with E-state index in [2.05, 4.69) is 5.32 Å². The molecule has 1 aromatic rings. The largest absolute Gasteiger partial charge is 0.328 e. The normalized spacial score (nSPS) is 24.9. The Morgan fingerprint density at radius 2 is 2.00 bits per heavy atom. The molecule has 4 heteroatoms. The third-order valence-electron chi connectivity index (χ3n) is 3.35. The lowest BCUT2D eigenvalue weighted by molar-refractivity contribution is 0.342. The summed E-state index contributed by atoms with van der Waals surface area (Å²) in [7, 11) is 0. The molecule has 0 spiro atoms. The molecule has 94 valence electrons. The average Bonchev–Trinajstić information content (AvgIpc) is 2.33.